The molecule has 0 aromatic heterocycles. The monoisotopic (exact) mass is 414 g/mol. The summed E-state index contributed by atoms with van der Waals surface area (Å²) < 4.78 is 13.7. The molecule has 0 atom stereocenters. The van der Waals surface area contributed by atoms with Crippen molar-refractivity contribution < 1.29 is 4.39 Å². The molecule has 0 saturated carbocycles. The second-order valence-electron chi connectivity index (χ2n) is 6.16. The topological polar surface area (TPSA) is 24.1 Å². The van der Waals surface area contributed by atoms with Gasteiger partial charge in [0.2, 0.25) is 0 Å². The summed E-state index contributed by atoms with van der Waals surface area (Å²) in [5.41, 5.74) is 11.8. The van der Waals surface area contributed by atoms with Crippen LogP contribution in [0.15, 0.2) is 83.2 Å². The summed E-state index contributed by atoms with van der Waals surface area (Å²) in [4.78, 5) is 0. The third kappa shape index (κ3) is 13.6. The Bertz CT molecular complexity index is 656. The van der Waals surface area contributed by atoms with Gasteiger partial charge < -0.3 is 5.43 Å². The number of terminal acetylenes is 1. The van der Waals surface area contributed by atoms with E-state index in [1.54, 1.807) is 13.1 Å². The lowest BCUT2D eigenvalue weighted by Crippen LogP contribution is -2.22. The standard InChI is InChI=1S/C20H29FN2.C3H6.C2H6.C2H2/c1-6-15(2)20(14-23-22-5)17(4)19(13-21)16(3)11-12-18-9-7-8-10-18;1-3-2;2*1-2/h6-9,14,22-23H,4,10-13H2,1-3,5H3;3H,1H2,2H3;1-2H3;1-2H/b15-6+,19-16+,20-14+;;;. The third-order valence-corrected chi connectivity index (χ3v) is 4.23. The van der Waals surface area contributed by atoms with Gasteiger partial charge in [-0.15, -0.1) is 19.4 Å². The summed E-state index contributed by atoms with van der Waals surface area (Å²) in [6.45, 7) is 18.9. The van der Waals surface area contributed by atoms with Crippen molar-refractivity contribution in [1.29, 1.82) is 0 Å². The minimum Gasteiger partial charge on any atom is -0.328 e. The summed E-state index contributed by atoms with van der Waals surface area (Å²) in [5.74, 6) is 0. The van der Waals surface area contributed by atoms with Crippen molar-refractivity contribution >= 4 is 0 Å². The summed E-state index contributed by atoms with van der Waals surface area (Å²) >= 11 is 0. The van der Waals surface area contributed by atoms with Gasteiger partial charge in [0.05, 0.1) is 0 Å². The Kier molecular flexibility index (Phi) is 24.3. The first-order valence-corrected chi connectivity index (χ1v) is 10.4. The van der Waals surface area contributed by atoms with Crippen molar-refractivity contribution in [2.24, 2.45) is 0 Å². The van der Waals surface area contributed by atoms with Crippen LogP contribution in [0.4, 0.5) is 4.39 Å². The van der Waals surface area contributed by atoms with Crippen LogP contribution in [0.2, 0.25) is 0 Å². The Hall–Kier alpha value is -2.57. The fourth-order valence-corrected chi connectivity index (χ4v) is 2.53. The molecule has 0 aromatic rings. The maximum absolute atomic E-state index is 13.7. The summed E-state index contributed by atoms with van der Waals surface area (Å²) in [7, 11) is 1.79. The second-order valence-corrected chi connectivity index (χ2v) is 6.16. The van der Waals surface area contributed by atoms with Crippen molar-refractivity contribution in [2.75, 3.05) is 13.7 Å². The van der Waals surface area contributed by atoms with Crippen LogP contribution in [0.1, 0.15) is 60.8 Å². The average molecular weight is 415 g/mol. The lowest BCUT2D eigenvalue weighted by molar-refractivity contribution is 0.542. The maximum Gasteiger partial charge on any atom is 0.115 e. The molecule has 1 aliphatic carbocycles. The highest BCUT2D eigenvalue weighted by molar-refractivity contribution is 5.55. The molecule has 2 nitrogen and oxygen atoms in total. The molecule has 0 radical (unpaired) electrons. The van der Waals surface area contributed by atoms with E-state index in [-0.39, 0.29) is 0 Å². The molecule has 1 rings (SSSR count). The van der Waals surface area contributed by atoms with Crippen molar-refractivity contribution in [1.82, 2.24) is 10.9 Å². The van der Waals surface area contributed by atoms with Gasteiger partial charge in [-0.3, -0.25) is 0 Å². The van der Waals surface area contributed by atoms with E-state index in [4.69, 9.17) is 0 Å². The van der Waals surface area contributed by atoms with Crippen LogP contribution >= 0.6 is 0 Å². The van der Waals surface area contributed by atoms with Gasteiger partial charge in [-0.25, -0.2) is 9.82 Å². The van der Waals surface area contributed by atoms with E-state index >= 15 is 0 Å². The van der Waals surface area contributed by atoms with Crippen LogP contribution < -0.4 is 10.9 Å². The molecule has 0 heterocycles. The molecule has 0 spiro atoms. The maximum atomic E-state index is 13.7. The van der Waals surface area contributed by atoms with Crippen molar-refractivity contribution in [3.8, 4) is 12.8 Å². The van der Waals surface area contributed by atoms with Crippen LogP contribution in [0, 0.1) is 12.8 Å². The molecule has 3 heteroatoms. The SMILES string of the molecule is C#C.C=C(/C(CF)=C(\C)CCC1=CC=CC1)C(=C/NNC)/C(C)=C/C.C=CC.CC. The van der Waals surface area contributed by atoms with Gasteiger partial charge in [0.25, 0.3) is 0 Å². The fraction of sp³-hybridized carbons (Fsp3) is 0.407. The first-order valence-electron chi connectivity index (χ1n) is 10.4. The number of nitrogens with one attached hydrogen (secondary N) is 2. The van der Waals surface area contributed by atoms with E-state index in [9.17, 15) is 4.39 Å². The van der Waals surface area contributed by atoms with Gasteiger partial charge in [-0.1, -0.05) is 62.0 Å². The molecular weight excluding hydrogens is 371 g/mol. The quantitative estimate of drug-likeness (QED) is 0.176. The lowest BCUT2D eigenvalue weighted by atomic mass is 9.90. The molecule has 0 bridgehead atoms. The average Bonchev–Trinajstić information content (AvgIpc) is 3.30. The fourth-order valence-electron chi connectivity index (χ4n) is 2.53. The predicted molar refractivity (Wildman–Crippen MR) is 136 cm³/mol. The number of alkyl halides is 1. The largest absolute Gasteiger partial charge is 0.328 e. The molecule has 30 heavy (non-hydrogen) atoms. The zero-order valence-electron chi connectivity index (χ0n) is 20.2. The first-order chi connectivity index (χ1) is 14.5. The molecule has 1 aliphatic rings. The highest BCUT2D eigenvalue weighted by Crippen LogP contribution is 2.29. The smallest absolute Gasteiger partial charge is 0.115 e. The first kappa shape index (κ1) is 32.1. The molecule has 2 N–H and O–H groups in total. The second kappa shape index (κ2) is 22.7. The van der Waals surface area contributed by atoms with Gasteiger partial charge in [-0.05, 0) is 63.7 Å². The van der Waals surface area contributed by atoms with Crippen LogP contribution in [0.25, 0.3) is 0 Å². The minimum absolute atomic E-state index is 0.490. The van der Waals surface area contributed by atoms with Crippen LogP contribution in [0.5, 0.6) is 0 Å². The third-order valence-electron chi connectivity index (χ3n) is 4.23. The number of halogens is 1. The van der Waals surface area contributed by atoms with E-state index in [1.807, 2.05) is 53.8 Å². The molecular formula is C27H43FN2. The Labute approximate surface area is 186 Å². The molecule has 0 saturated heterocycles. The zero-order chi connectivity index (χ0) is 23.9. The van der Waals surface area contributed by atoms with Crippen LogP contribution in [-0.2, 0) is 0 Å². The van der Waals surface area contributed by atoms with E-state index in [1.165, 1.54) is 5.57 Å². The Morgan fingerprint density at radius 2 is 1.80 bits per heavy atom. The van der Waals surface area contributed by atoms with E-state index in [0.717, 1.165) is 41.6 Å². The summed E-state index contributed by atoms with van der Waals surface area (Å²) in [6.07, 6.45) is 22.9. The van der Waals surface area contributed by atoms with Gasteiger partial charge in [0, 0.05) is 18.8 Å². The van der Waals surface area contributed by atoms with E-state index < -0.39 is 6.67 Å². The van der Waals surface area contributed by atoms with E-state index in [0.29, 0.717) is 5.57 Å². The number of hydrogen-bond acceptors (Lipinski definition) is 2. The summed E-state index contributed by atoms with van der Waals surface area (Å²) in [6, 6.07) is 0. The number of allylic oxidation sites excluding steroid dienone is 11. The zero-order valence-corrected chi connectivity index (χ0v) is 20.2. The Morgan fingerprint density at radius 3 is 2.20 bits per heavy atom. The minimum atomic E-state index is -0.490. The molecule has 0 aromatic carbocycles. The Balaban J connectivity index is -0.000000926. The van der Waals surface area contributed by atoms with Gasteiger partial charge in [0.15, 0.2) is 0 Å². The normalized spacial score (nSPS) is 13.2. The van der Waals surface area contributed by atoms with E-state index in [2.05, 4.69) is 55.1 Å². The number of rotatable bonds is 9. The molecule has 0 amide bonds. The number of hydrazine groups is 1. The van der Waals surface area contributed by atoms with Gasteiger partial charge in [0.1, 0.15) is 6.67 Å². The van der Waals surface area contributed by atoms with Gasteiger partial charge in [-0.2, -0.15) is 0 Å². The highest BCUT2D eigenvalue weighted by atomic mass is 19.1. The molecule has 0 unspecified atom stereocenters. The van der Waals surface area contributed by atoms with Crippen LogP contribution in [-0.4, -0.2) is 13.7 Å². The lowest BCUT2D eigenvalue weighted by Gasteiger charge is -2.17. The Morgan fingerprint density at radius 1 is 1.23 bits per heavy atom. The van der Waals surface area contributed by atoms with Crippen molar-refractivity contribution in [3.63, 3.8) is 0 Å². The molecule has 168 valence electrons. The number of hydrogen-bond donors (Lipinski definition) is 2. The molecule has 0 aliphatic heterocycles. The van der Waals surface area contributed by atoms with Crippen molar-refractivity contribution in [2.45, 2.75) is 60.8 Å². The van der Waals surface area contributed by atoms with Crippen molar-refractivity contribution in [3.05, 3.63) is 83.2 Å². The molecule has 0 fully saturated rings. The summed E-state index contributed by atoms with van der Waals surface area (Å²) in [5, 5.41) is 0. The van der Waals surface area contributed by atoms with Crippen LogP contribution in [0.3, 0.4) is 0 Å². The van der Waals surface area contributed by atoms with Gasteiger partial charge >= 0.3 is 0 Å². The highest BCUT2D eigenvalue weighted by Gasteiger charge is 2.13. The predicted octanol–water partition coefficient (Wildman–Crippen LogP) is 7.54.